The second kappa shape index (κ2) is 8.66. The molecule has 160 valence electrons. The lowest BCUT2D eigenvalue weighted by molar-refractivity contribution is -0.385. The van der Waals surface area contributed by atoms with Crippen LogP contribution in [0, 0.1) is 10.1 Å². The lowest BCUT2D eigenvalue weighted by Crippen LogP contribution is -2.46. The fraction of sp³-hybridized carbons (Fsp3) is 0.450. The molecule has 2 fully saturated rings. The molecule has 0 saturated carbocycles. The molecule has 1 aromatic heterocycles. The molecule has 0 spiro atoms. The fourth-order valence-corrected chi connectivity index (χ4v) is 5.79. The van der Waals surface area contributed by atoms with Crippen molar-refractivity contribution in [2.75, 3.05) is 44.2 Å². The summed E-state index contributed by atoms with van der Waals surface area (Å²) in [5, 5.41) is 11.3. The first kappa shape index (κ1) is 20.7. The van der Waals surface area contributed by atoms with Gasteiger partial charge in [-0.2, -0.15) is 4.31 Å². The summed E-state index contributed by atoms with van der Waals surface area (Å²) in [4.78, 5) is 19.2. The van der Waals surface area contributed by atoms with E-state index in [1.165, 1.54) is 22.0 Å². The van der Waals surface area contributed by atoms with Crippen LogP contribution in [0.4, 0.5) is 11.4 Å². The highest BCUT2D eigenvalue weighted by atomic mass is 32.2. The minimum Gasteiger partial charge on any atom is -0.368 e. The Kier molecular flexibility index (Phi) is 5.98. The summed E-state index contributed by atoms with van der Waals surface area (Å²) in [5.41, 5.74) is 1.54. The third kappa shape index (κ3) is 4.30. The third-order valence-electron chi connectivity index (χ3n) is 5.71. The zero-order valence-electron chi connectivity index (χ0n) is 16.7. The van der Waals surface area contributed by atoms with Crippen molar-refractivity contribution in [3.05, 3.63) is 58.4 Å². The van der Waals surface area contributed by atoms with Crippen LogP contribution in [0.3, 0.4) is 0 Å². The van der Waals surface area contributed by atoms with Gasteiger partial charge in [-0.1, -0.05) is 0 Å². The molecule has 0 unspecified atom stereocenters. The van der Waals surface area contributed by atoms with Crippen molar-refractivity contribution in [3.63, 3.8) is 0 Å². The van der Waals surface area contributed by atoms with Crippen molar-refractivity contribution in [1.29, 1.82) is 0 Å². The van der Waals surface area contributed by atoms with E-state index in [0.29, 0.717) is 31.9 Å². The van der Waals surface area contributed by atoms with Crippen molar-refractivity contribution >= 4 is 21.4 Å². The first-order valence-electron chi connectivity index (χ1n) is 10.1. The van der Waals surface area contributed by atoms with E-state index in [0.717, 1.165) is 32.5 Å². The molecule has 0 amide bonds. The van der Waals surface area contributed by atoms with Gasteiger partial charge >= 0.3 is 0 Å². The van der Waals surface area contributed by atoms with E-state index in [1.54, 1.807) is 18.5 Å². The number of sulfonamides is 1. The van der Waals surface area contributed by atoms with Crippen LogP contribution in [0.5, 0.6) is 0 Å². The first-order valence-corrected chi connectivity index (χ1v) is 11.5. The second-order valence-electron chi connectivity index (χ2n) is 7.64. The number of aromatic nitrogens is 1. The molecule has 0 N–H and O–H groups in total. The number of benzene rings is 1. The Hall–Kier alpha value is -2.56. The monoisotopic (exact) mass is 431 g/mol. The Morgan fingerprint density at radius 2 is 1.63 bits per heavy atom. The smallest absolute Gasteiger partial charge is 0.270 e. The molecule has 2 aliphatic heterocycles. The molecule has 10 heteroatoms. The van der Waals surface area contributed by atoms with Crippen molar-refractivity contribution in [2.24, 2.45) is 0 Å². The summed E-state index contributed by atoms with van der Waals surface area (Å²) in [6, 6.07) is 8.17. The number of nitro benzene ring substituents is 1. The molecule has 2 aliphatic rings. The van der Waals surface area contributed by atoms with Crippen LogP contribution >= 0.6 is 0 Å². The van der Waals surface area contributed by atoms with Gasteiger partial charge in [0.2, 0.25) is 10.0 Å². The van der Waals surface area contributed by atoms with Gasteiger partial charge in [0.1, 0.15) is 4.90 Å². The number of rotatable bonds is 6. The predicted molar refractivity (Wildman–Crippen MR) is 113 cm³/mol. The van der Waals surface area contributed by atoms with Crippen molar-refractivity contribution in [3.8, 4) is 0 Å². The lowest BCUT2D eigenvalue weighted by atomic mass is 10.2. The summed E-state index contributed by atoms with van der Waals surface area (Å²) in [6.07, 6.45) is 5.18. The zero-order valence-corrected chi connectivity index (χ0v) is 17.5. The average Bonchev–Trinajstić information content (AvgIpc) is 3.30. The summed E-state index contributed by atoms with van der Waals surface area (Å²) in [6.45, 7) is 4.62. The Morgan fingerprint density at radius 3 is 2.27 bits per heavy atom. The second-order valence-corrected chi connectivity index (χ2v) is 9.55. The molecule has 0 radical (unpaired) electrons. The standard InChI is InChI=1S/C20H25N5O4S/c26-25(27)18-3-4-19(20(15-18)30(28,29)24-9-1-2-10-24)23-13-11-22(12-14-23)16-17-5-7-21-8-6-17/h3-8,15H,1-2,9-14,16H2. The van der Waals surface area contributed by atoms with E-state index >= 15 is 0 Å². The topological polar surface area (TPSA) is 99.9 Å². The molecule has 2 aromatic rings. The normalized spacial score (nSPS) is 18.6. The molecule has 2 saturated heterocycles. The predicted octanol–water partition coefficient (Wildman–Crippen LogP) is 2.10. The van der Waals surface area contributed by atoms with Crippen LogP contribution in [0.15, 0.2) is 47.6 Å². The highest BCUT2D eigenvalue weighted by molar-refractivity contribution is 7.89. The van der Waals surface area contributed by atoms with Gasteiger partial charge in [0.25, 0.3) is 5.69 Å². The van der Waals surface area contributed by atoms with Crippen LogP contribution in [0.1, 0.15) is 18.4 Å². The van der Waals surface area contributed by atoms with E-state index in [2.05, 4.69) is 9.88 Å². The van der Waals surface area contributed by atoms with E-state index in [1.807, 2.05) is 17.0 Å². The SMILES string of the molecule is O=[N+]([O-])c1ccc(N2CCN(Cc3ccncc3)CC2)c(S(=O)(=O)N2CCCC2)c1. The van der Waals surface area contributed by atoms with Gasteiger partial charge in [-0.15, -0.1) is 0 Å². The van der Waals surface area contributed by atoms with Gasteiger partial charge in [-0.25, -0.2) is 8.42 Å². The number of nitrogens with zero attached hydrogens (tertiary/aromatic N) is 5. The first-order chi connectivity index (χ1) is 14.4. The highest BCUT2D eigenvalue weighted by Gasteiger charge is 2.33. The summed E-state index contributed by atoms with van der Waals surface area (Å²) < 4.78 is 27.9. The van der Waals surface area contributed by atoms with Crippen LogP contribution in [0.25, 0.3) is 0 Å². The van der Waals surface area contributed by atoms with Gasteiger partial charge < -0.3 is 4.90 Å². The van der Waals surface area contributed by atoms with E-state index < -0.39 is 14.9 Å². The maximum atomic E-state index is 13.2. The number of non-ortho nitro benzene ring substituents is 1. The molecule has 1 aromatic carbocycles. The maximum absolute atomic E-state index is 13.2. The van der Waals surface area contributed by atoms with Gasteiger partial charge in [-0.3, -0.25) is 20.0 Å². The molecule has 3 heterocycles. The molecular formula is C20H25N5O4S. The Bertz CT molecular complexity index is 1000. The van der Waals surface area contributed by atoms with E-state index in [4.69, 9.17) is 0 Å². The van der Waals surface area contributed by atoms with Crippen LogP contribution in [-0.4, -0.2) is 66.8 Å². The minimum absolute atomic E-state index is 0.0428. The Morgan fingerprint density at radius 1 is 0.967 bits per heavy atom. The molecule has 0 aliphatic carbocycles. The average molecular weight is 432 g/mol. The third-order valence-corrected chi connectivity index (χ3v) is 7.63. The quantitative estimate of drug-likeness (QED) is 0.510. The molecule has 9 nitrogen and oxygen atoms in total. The Labute approximate surface area is 176 Å². The van der Waals surface area contributed by atoms with Gasteiger partial charge in [0.15, 0.2) is 0 Å². The van der Waals surface area contributed by atoms with Crippen LogP contribution in [-0.2, 0) is 16.6 Å². The highest BCUT2D eigenvalue weighted by Crippen LogP contribution is 2.33. The van der Waals surface area contributed by atoms with E-state index in [9.17, 15) is 18.5 Å². The van der Waals surface area contributed by atoms with Gasteiger partial charge in [0.05, 0.1) is 10.6 Å². The summed E-state index contributed by atoms with van der Waals surface area (Å²) >= 11 is 0. The molecular weight excluding hydrogens is 406 g/mol. The summed E-state index contributed by atoms with van der Waals surface area (Å²) in [5.74, 6) is 0. The number of hydrogen-bond acceptors (Lipinski definition) is 7. The number of pyridine rings is 1. The van der Waals surface area contributed by atoms with Gasteiger partial charge in [-0.05, 0) is 36.6 Å². The van der Waals surface area contributed by atoms with Crippen molar-refractivity contribution in [2.45, 2.75) is 24.3 Å². The van der Waals surface area contributed by atoms with Gasteiger partial charge in [0, 0.05) is 70.3 Å². The van der Waals surface area contributed by atoms with Crippen molar-refractivity contribution in [1.82, 2.24) is 14.2 Å². The minimum atomic E-state index is -3.77. The van der Waals surface area contributed by atoms with Crippen LogP contribution < -0.4 is 4.90 Å². The number of nitro groups is 1. The summed E-state index contributed by atoms with van der Waals surface area (Å²) in [7, 11) is -3.77. The van der Waals surface area contributed by atoms with E-state index in [-0.39, 0.29) is 10.6 Å². The lowest BCUT2D eigenvalue weighted by Gasteiger charge is -2.37. The maximum Gasteiger partial charge on any atom is 0.270 e. The zero-order chi connectivity index (χ0) is 21.1. The molecule has 0 atom stereocenters. The molecule has 4 rings (SSSR count). The number of anilines is 1. The largest absolute Gasteiger partial charge is 0.368 e. The molecule has 0 bridgehead atoms. The fourth-order valence-electron chi connectivity index (χ4n) is 4.05. The van der Waals surface area contributed by atoms with Crippen LogP contribution in [0.2, 0.25) is 0 Å². The number of piperazine rings is 1. The Balaban J connectivity index is 1.56. The molecule has 30 heavy (non-hydrogen) atoms. The number of hydrogen-bond donors (Lipinski definition) is 0. The van der Waals surface area contributed by atoms with Crippen molar-refractivity contribution < 1.29 is 13.3 Å².